The van der Waals surface area contributed by atoms with Gasteiger partial charge < -0.3 is 4.42 Å². The smallest absolute Gasteiger partial charge is 0.247 e. The molecular formula is C21H20N4OS. The quantitative estimate of drug-likeness (QED) is 0.497. The Balaban J connectivity index is 1.39. The van der Waals surface area contributed by atoms with Gasteiger partial charge in [-0.3, -0.25) is 4.90 Å². The zero-order chi connectivity index (χ0) is 18.1. The molecule has 136 valence electrons. The van der Waals surface area contributed by atoms with Crippen LogP contribution in [0.4, 0.5) is 0 Å². The zero-order valence-corrected chi connectivity index (χ0v) is 15.7. The van der Waals surface area contributed by atoms with Crippen molar-refractivity contribution in [2.24, 2.45) is 0 Å². The van der Waals surface area contributed by atoms with Gasteiger partial charge >= 0.3 is 0 Å². The molecule has 27 heavy (non-hydrogen) atoms. The van der Waals surface area contributed by atoms with E-state index in [9.17, 15) is 0 Å². The maximum atomic E-state index is 5.93. The summed E-state index contributed by atoms with van der Waals surface area (Å²) in [4.78, 5) is 7.33. The number of nitrogens with zero attached hydrogens (tertiary/aromatic N) is 4. The number of para-hydroxylation sites is 1. The van der Waals surface area contributed by atoms with Crippen LogP contribution in [0.15, 0.2) is 59.0 Å². The lowest BCUT2D eigenvalue weighted by Gasteiger charge is -2.33. The first-order valence-electron chi connectivity index (χ1n) is 9.34. The minimum atomic E-state index is 0.322. The van der Waals surface area contributed by atoms with E-state index in [1.165, 1.54) is 22.5 Å². The van der Waals surface area contributed by atoms with E-state index in [2.05, 4.69) is 33.3 Å². The molecule has 0 radical (unpaired) electrons. The molecule has 5 rings (SSSR count). The summed E-state index contributed by atoms with van der Waals surface area (Å²) in [7, 11) is 0. The van der Waals surface area contributed by atoms with E-state index >= 15 is 0 Å². The van der Waals surface area contributed by atoms with Crippen LogP contribution in [0.25, 0.3) is 21.7 Å². The predicted molar refractivity (Wildman–Crippen MR) is 106 cm³/mol. The van der Waals surface area contributed by atoms with Crippen LogP contribution in [0.3, 0.4) is 0 Å². The summed E-state index contributed by atoms with van der Waals surface area (Å²) in [5.74, 6) is 1.25. The molecule has 4 aromatic rings. The van der Waals surface area contributed by atoms with E-state index in [1.54, 1.807) is 11.3 Å². The number of fused-ring (bicyclic) bond motifs is 1. The van der Waals surface area contributed by atoms with Crippen molar-refractivity contribution in [3.63, 3.8) is 0 Å². The first-order chi connectivity index (χ1) is 13.4. The number of hydrogen-bond acceptors (Lipinski definition) is 6. The molecule has 0 amide bonds. The average Bonchev–Trinajstić information content (AvgIpc) is 3.36. The van der Waals surface area contributed by atoms with E-state index < -0.39 is 0 Å². The Labute approximate surface area is 161 Å². The third kappa shape index (κ3) is 3.38. The standard InChI is InChI=1S/C21H20N4OS/c1-2-8-15(9-3-1)20-24-23-19(26-20)14-25-13-7-6-11-17(25)21-22-16-10-4-5-12-18(16)27-21/h1-5,8-10,12,17H,6-7,11,13-14H2/t17-/m1/s1. The van der Waals surface area contributed by atoms with Gasteiger partial charge in [0.1, 0.15) is 5.01 Å². The first kappa shape index (κ1) is 16.6. The van der Waals surface area contributed by atoms with E-state index in [1.807, 2.05) is 36.4 Å². The molecule has 0 saturated carbocycles. The topological polar surface area (TPSA) is 55.1 Å². The van der Waals surface area contributed by atoms with Crippen LogP contribution in [-0.4, -0.2) is 26.6 Å². The Hall–Kier alpha value is -2.57. The summed E-state index contributed by atoms with van der Waals surface area (Å²) in [5, 5.41) is 9.70. The van der Waals surface area contributed by atoms with Crippen LogP contribution in [0.1, 0.15) is 36.2 Å². The Morgan fingerprint density at radius 2 is 1.85 bits per heavy atom. The Morgan fingerprint density at radius 3 is 2.74 bits per heavy atom. The Bertz CT molecular complexity index is 1010. The van der Waals surface area contributed by atoms with Crippen molar-refractivity contribution in [1.29, 1.82) is 0 Å². The van der Waals surface area contributed by atoms with Gasteiger partial charge in [-0.15, -0.1) is 21.5 Å². The van der Waals surface area contributed by atoms with Gasteiger partial charge in [0.2, 0.25) is 11.8 Å². The molecule has 1 saturated heterocycles. The van der Waals surface area contributed by atoms with Gasteiger partial charge in [0.05, 0.1) is 22.8 Å². The third-order valence-electron chi connectivity index (χ3n) is 5.04. The molecule has 1 atom stereocenters. The molecule has 3 heterocycles. The van der Waals surface area contributed by atoms with Crippen LogP contribution in [0.5, 0.6) is 0 Å². The second-order valence-electron chi connectivity index (χ2n) is 6.87. The lowest BCUT2D eigenvalue weighted by molar-refractivity contribution is 0.128. The summed E-state index contributed by atoms with van der Waals surface area (Å²) in [6.45, 7) is 1.70. The minimum absolute atomic E-state index is 0.322. The predicted octanol–water partition coefficient (Wildman–Crippen LogP) is 5.07. The molecular weight excluding hydrogens is 356 g/mol. The highest BCUT2D eigenvalue weighted by Crippen LogP contribution is 2.36. The monoisotopic (exact) mass is 376 g/mol. The molecule has 0 spiro atoms. The van der Waals surface area contributed by atoms with Gasteiger partial charge in [0, 0.05) is 5.56 Å². The SMILES string of the molecule is c1ccc(-c2nnc(CN3CCCC[C@@H]3c3nc4ccccc4s3)o2)cc1. The van der Waals surface area contributed by atoms with Crippen molar-refractivity contribution in [3.05, 3.63) is 65.5 Å². The van der Waals surface area contributed by atoms with Gasteiger partial charge in [-0.05, 0) is 43.7 Å². The van der Waals surface area contributed by atoms with Crippen molar-refractivity contribution >= 4 is 21.6 Å². The zero-order valence-electron chi connectivity index (χ0n) is 14.9. The number of hydrogen-bond donors (Lipinski definition) is 0. The van der Waals surface area contributed by atoms with Crippen LogP contribution < -0.4 is 0 Å². The molecule has 0 unspecified atom stereocenters. The molecule has 6 heteroatoms. The van der Waals surface area contributed by atoms with Gasteiger partial charge in [-0.1, -0.05) is 36.8 Å². The number of rotatable bonds is 4. The summed E-state index contributed by atoms with van der Waals surface area (Å²) in [6, 6.07) is 18.6. The molecule has 0 aliphatic carbocycles. The van der Waals surface area contributed by atoms with E-state index in [0.717, 1.165) is 24.0 Å². The number of likely N-dealkylation sites (tertiary alicyclic amines) is 1. The largest absolute Gasteiger partial charge is 0.419 e. The summed E-state index contributed by atoms with van der Waals surface area (Å²) in [6.07, 6.45) is 3.55. The number of aromatic nitrogens is 3. The van der Waals surface area contributed by atoms with Gasteiger partial charge in [-0.25, -0.2) is 4.98 Å². The fourth-order valence-corrected chi connectivity index (χ4v) is 4.82. The van der Waals surface area contributed by atoms with Crippen molar-refractivity contribution in [2.75, 3.05) is 6.54 Å². The first-order valence-corrected chi connectivity index (χ1v) is 10.2. The van der Waals surface area contributed by atoms with E-state index in [4.69, 9.17) is 9.40 Å². The normalized spacial score (nSPS) is 18.1. The fourth-order valence-electron chi connectivity index (χ4n) is 3.68. The Kier molecular flexibility index (Phi) is 4.43. The van der Waals surface area contributed by atoms with Crippen molar-refractivity contribution in [3.8, 4) is 11.5 Å². The van der Waals surface area contributed by atoms with Crippen molar-refractivity contribution in [2.45, 2.75) is 31.8 Å². The van der Waals surface area contributed by atoms with Crippen molar-refractivity contribution in [1.82, 2.24) is 20.1 Å². The molecule has 1 aliphatic rings. The summed E-state index contributed by atoms with van der Waals surface area (Å²) < 4.78 is 7.19. The fraction of sp³-hybridized carbons (Fsp3) is 0.286. The maximum Gasteiger partial charge on any atom is 0.247 e. The maximum absolute atomic E-state index is 5.93. The number of benzene rings is 2. The van der Waals surface area contributed by atoms with Crippen molar-refractivity contribution < 1.29 is 4.42 Å². The lowest BCUT2D eigenvalue weighted by atomic mass is 10.0. The molecule has 5 nitrogen and oxygen atoms in total. The highest BCUT2D eigenvalue weighted by Gasteiger charge is 2.28. The van der Waals surface area contributed by atoms with Crippen LogP contribution >= 0.6 is 11.3 Å². The van der Waals surface area contributed by atoms with Gasteiger partial charge in [0.25, 0.3) is 0 Å². The summed E-state index contributed by atoms with van der Waals surface area (Å²) in [5.41, 5.74) is 2.05. The minimum Gasteiger partial charge on any atom is -0.419 e. The second-order valence-corrected chi connectivity index (χ2v) is 7.93. The third-order valence-corrected chi connectivity index (χ3v) is 6.17. The lowest BCUT2D eigenvalue weighted by Crippen LogP contribution is -2.33. The highest BCUT2D eigenvalue weighted by atomic mass is 32.1. The van der Waals surface area contributed by atoms with Gasteiger partial charge in [0.15, 0.2) is 0 Å². The van der Waals surface area contributed by atoms with Gasteiger partial charge in [-0.2, -0.15) is 0 Å². The van der Waals surface area contributed by atoms with E-state index in [0.29, 0.717) is 24.4 Å². The summed E-state index contributed by atoms with van der Waals surface area (Å²) >= 11 is 1.80. The molecule has 1 aliphatic heterocycles. The molecule has 0 N–H and O–H groups in total. The van der Waals surface area contributed by atoms with E-state index in [-0.39, 0.29) is 0 Å². The molecule has 2 aromatic carbocycles. The molecule has 1 fully saturated rings. The van der Waals surface area contributed by atoms with Crippen LogP contribution in [-0.2, 0) is 6.54 Å². The Morgan fingerprint density at radius 1 is 1.00 bits per heavy atom. The highest BCUT2D eigenvalue weighted by molar-refractivity contribution is 7.18. The number of thiazole rings is 1. The molecule has 2 aromatic heterocycles. The average molecular weight is 376 g/mol. The molecule has 0 bridgehead atoms. The number of piperidine rings is 1. The van der Waals surface area contributed by atoms with Crippen LogP contribution in [0, 0.1) is 0 Å². The van der Waals surface area contributed by atoms with Crippen LogP contribution in [0.2, 0.25) is 0 Å². The second kappa shape index (κ2) is 7.21.